The van der Waals surface area contributed by atoms with E-state index in [4.69, 9.17) is 9.47 Å². The molecular formula is C18H27N2O3+. The lowest BCUT2D eigenvalue weighted by molar-refractivity contribution is -0.928. The molecule has 1 aromatic rings. The molecule has 1 amide bonds. The Bertz CT molecular complexity index is 547. The van der Waals surface area contributed by atoms with Crippen molar-refractivity contribution in [3.8, 4) is 11.5 Å². The molecule has 126 valence electrons. The van der Waals surface area contributed by atoms with Crippen molar-refractivity contribution < 1.29 is 19.2 Å². The highest BCUT2D eigenvalue weighted by atomic mass is 16.5. The topological polar surface area (TPSA) is 43.2 Å². The van der Waals surface area contributed by atoms with Crippen LogP contribution in [0.4, 0.5) is 0 Å². The van der Waals surface area contributed by atoms with E-state index in [9.17, 15) is 4.79 Å². The van der Waals surface area contributed by atoms with Crippen LogP contribution in [0.3, 0.4) is 0 Å². The second-order valence-electron chi connectivity index (χ2n) is 6.47. The van der Waals surface area contributed by atoms with Crippen molar-refractivity contribution in [2.75, 3.05) is 40.4 Å². The molecule has 2 fully saturated rings. The van der Waals surface area contributed by atoms with Gasteiger partial charge in [0.25, 0.3) is 5.91 Å². The molecule has 1 saturated heterocycles. The number of carbonyl (C=O) groups is 1. The van der Waals surface area contributed by atoms with Crippen LogP contribution in [0.5, 0.6) is 11.5 Å². The largest absolute Gasteiger partial charge is 0.493 e. The third-order valence-electron chi connectivity index (χ3n) is 5.26. The van der Waals surface area contributed by atoms with Gasteiger partial charge in [-0.1, -0.05) is 6.07 Å². The van der Waals surface area contributed by atoms with Crippen LogP contribution in [0.15, 0.2) is 18.2 Å². The van der Waals surface area contributed by atoms with Crippen molar-refractivity contribution in [1.29, 1.82) is 0 Å². The average Bonchev–Trinajstić information content (AvgIpc) is 3.15. The smallest absolute Gasteiger partial charge is 0.258 e. The normalized spacial score (nSPS) is 19.8. The van der Waals surface area contributed by atoms with Crippen molar-refractivity contribution in [2.45, 2.75) is 31.7 Å². The summed E-state index contributed by atoms with van der Waals surface area (Å²) in [6, 6.07) is 6.30. The van der Waals surface area contributed by atoms with Crippen molar-refractivity contribution in [2.24, 2.45) is 0 Å². The van der Waals surface area contributed by atoms with Crippen LogP contribution in [0.1, 0.15) is 36.0 Å². The van der Waals surface area contributed by atoms with E-state index < -0.39 is 0 Å². The number of hydrogen-bond donors (Lipinski definition) is 1. The number of carbonyl (C=O) groups excluding carboxylic acids is 1. The zero-order valence-corrected chi connectivity index (χ0v) is 14.1. The van der Waals surface area contributed by atoms with Crippen molar-refractivity contribution >= 4 is 5.91 Å². The first-order valence-electron chi connectivity index (χ1n) is 8.59. The molecule has 2 aliphatic rings. The highest BCUT2D eigenvalue weighted by Gasteiger charge is 2.32. The molecule has 1 heterocycles. The molecule has 0 unspecified atom stereocenters. The van der Waals surface area contributed by atoms with E-state index in [0.29, 0.717) is 17.1 Å². The minimum absolute atomic E-state index is 0.0474. The van der Waals surface area contributed by atoms with Gasteiger partial charge in [0.15, 0.2) is 11.5 Å². The first-order valence-corrected chi connectivity index (χ1v) is 8.59. The van der Waals surface area contributed by atoms with E-state index in [1.165, 1.54) is 25.7 Å². The maximum Gasteiger partial charge on any atom is 0.258 e. The highest BCUT2D eigenvalue weighted by Crippen LogP contribution is 2.31. The molecule has 0 atom stereocenters. The van der Waals surface area contributed by atoms with Gasteiger partial charge >= 0.3 is 0 Å². The predicted molar refractivity (Wildman–Crippen MR) is 88.4 cm³/mol. The van der Waals surface area contributed by atoms with Gasteiger partial charge < -0.3 is 19.3 Å². The van der Waals surface area contributed by atoms with E-state index >= 15 is 0 Å². The van der Waals surface area contributed by atoms with E-state index in [-0.39, 0.29) is 5.91 Å². The summed E-state index contributed by atoms with van der Waals surface area (Å²) in [6.45, 7) is 3.77. The van der Waals surface area contributed by atoms with Gasteiger partial charge in [-0.3, -0.25) is 4.79 Å². The number of nitrogens with zero attached hydrogens (tertiary/aromatic N) is 1. The van der Waals surface area contributed by atoms with Gasteiger partial charge in [0.2, 0.25) is 0 Å². The second-order valence-corrected chi connectivity index (χ2v) is 6.47. The van der Waals surface area contributed by atoms with Crippen LogP contribution < -0.4 is 14.4 Å². The zero-order chi connectivity index (χ0) is 16.2. The molecule has 3 rings (SSSR count). The number of quaternary nitrogens is 1. The van der Waals surface area contributed by atoms with Crippen molar-refractivity contribution in [1.82, 2.24) is 4.90 Å². The van der Waals surface area contributed by atoms with Crippen LogP contribution in [0.2, 0.25) is 0 Å². The minimum atomic E-state index is 0.0474. The van der Waals surface area contributed by atoms with Crippen LogP contribution >= 0.6 is 0 Å². The van der Waals surface area contributed by atoms with Crippen LogP contribution in [0.25, 0.3) is 0 Å². The molecule has 23 heavy (non-hydrogen) atoms. The third-order valence-corrected chi connectivity index (χ3v) is 5.26. The first-order chi connectivity index (χ1) is 11.2. The molecule has 0 radical (unpaired) electrons. The van der Waals surface area contributed by atoms with Gasteiger partial charge in [-0.15, -0.1) is 0 Å². The van der Waals surface area contributed by atoms with Crippen LogP contribution in [-0.2, 0) is 0 Å². The number of rotatable bonds is 4. The van der Waals surface area contributed by atoms with E-state index in [2.05, 4.69) is 0 Å². The Labute approximate surface area is 138 Å². The third kappa shape index (κ3) is 3.29. The standard InChI is InChI=1S/C18H26N2O3/c1-22-16-9-5-8-15(17(16)23-2)18(21)20-12-10-19(11-13-20)14-6-3-4-7-14/h5,8-9,14H,3-4,6-7,10-13H2,1-2H3/p+1. The molecule has 1 saturated carbocycles. The number of piperazine rings is 1. The fourth-order valence-electron chi connectivity index (χ4n) is 3.97. The monoisotopic (exact) mass is 319 g/mol. The maximum absolute atomic E-state index is 12.9. The summed E-state index contributed by atoms with van der Waals surface area (Å²) in [5.41, 5.74) is 0.594. The fourth-order valence-corrected chi connectivity index (χ4v) is 3.97. The maximum atomic E-state index is 12.9. The molecule has 5 nitrogen and oxygen atoms in total. The Balaban J connectivity index is 1.67. The molecule has 1 aliphatic carbocycles. The lowest BCUT2D eigenvalue weighted by atomic mass is 10.1. The quantitative estimate of drug-likeness (QED) is 0.900. The predicted octanol–water partition coefficient (Wildman–Crippen LogP) is 0.987. The second kappa shape index (κ2) is 7.21. The molecule has 1 aromatic carbocycles. The summed E-state index contributed by atoms with van der Waals surface area (Å²) in [5.74, 6) is 1.19. The summed E-state index contributed by atoms with van der Waals surface area (Å²) >= 11 is 0. The lowest BCUT2D eigenvalue weighted by Gasteiger charge is -2.35. The molecular weight excluding hydrogens is 292 g/mol. The van der Waals surface area contributed by atoms with E-state index in [1.54, 1.807) is 19.1 Å². The Morgan fingerprint density at radius 2 is 1.83 bits per heavy atom. The molecule has 5 heteroatoms. The van der Waals surface area contributed by atoms with Crippen molar-refractivity contribution in [3.05, 3.63) is 23.8 Å². The van der Waals surface area contributed by atoms with Crippen LogP contribution in [0, 0.1) is 0 Å². The highest BCUT2D eigenvalue weighted by molar-refractivity contribution is 5.97. The molecule has 0 aromatic heterocycles. The number of benzene rings is 1. The number of amides is 1. The average molecular weight is 319 g/mol. The van der Waals surface area contributed by atoms with E-state index in [1.807, 2.05) is 23.1 Å². The summed E-state index contributed by atoms with van der Waals surface area (Å²) < 4.78 is 10.7. The number of methoxy groups -OCH3 is 2. The lowest BCUT2D eigenvalue weighted by Crippen LogP contribution is -3.18. The molecule has 0 bridgehead atoms. The van der Waals surface area contributed by atoms with Gasteiger partial charge in [-0.25, -0.2) is 0 Å². The summed E-state index contributed by atoms with van der Waals surface area (Å²) in [6.07, 6.45) is 5.45. The van der Waals surface area contributed by atoms with Gasteiger partial charge in [-0.2, -0.15) is 0 Å². The number of ether oxygens (including phenoxy) is 2. The first kappa shape index (κ1) is 16.1. The Morgan fingerprint density at radius 1 is 1.13 bits per heavy atom. The van der Waals surface area contributed by atoms with E-state index in [0.717, 1.165) is 32.2 Å². The SMILES string of the molecule is COc1cccc(C(=O)N2CC[NH+](C3CCCC3)CC2)c1OC. The van der Waals surface area contributed by atoms with Gasteiger partial charge in [-0.05, 0) is 37.8 Å². The van der Waals surface area contributed by atoms with Crippen LogP contribution in [-0.4, -0.2) is 57.2 Å². The summed E-state index contributed by atoms with van der Waals surface area (Å²) in [5, 5.41) is 0. The summed E-state index contributed by atoms with van der Waals surface area (Å²) in [4.78, 5) is 16.5. The van der Waals surface area contributed by atoms with Gasteiger partial charge in [0, 0.05) is 0 Å². The summed E-state index contributed by atoms with van der Waals surface area (Å²) in [7, 11) is 3.17. The fraction of sp³-hybridized carbons (Fsp3) is 0.611. The Morgan fingerprint density at radius 3 is 2.43 bits per heavy atom. The van der Waals surface area contributed by atoms with Crippen molar-refractivity contribution in [3.63, 3.8) is 0 Å². The van der Waals surface area contributed by atoms with Gasteiger partial charge in [0.05, 0.1) is 52.0 Å². The number of nitrogens with one attached hydrogen (secondary N) is 1. The number of para-hydroxylation sites is 1. The number of hydrogen-bond acceptors (Lipinski definition) is 3. The Kier molecular flexibility index (Phi) is 5.06. The Hall–Kier alpha value is -1.75. The zero-order valence-electron chi connectivity index (χ0n) is 14.1. The molecule has 1 N–H and O–H groups in total. The molecule has 0 spiro atoms. The van der Waals surface area contributed by atoms with Gasteiger partial charge in [0.1, 0.15) is 0 Å². The molecule has 1 aliphatic heterocycles. The minimum Gasteiger partial charge on any atom is -0.493 e.